The number of urea groups is 1. The highest BCUT2D eigenvalue weighted by Crippen LogP contribution is 2.38. The molecule has 0 aromatic heterocycles. The molecule has 3 rings (SSSR count). The van der Waals surface area contributed by atoms with Crippen molar-refractivity contribution in [1.82, 2.24) is 10.2 Å². The number of nitrogens with one attached hydrogen (secondary N) is 1. The van der Waals surface area contributed by atoms with Gasteiger partial charge in [0.25, 0.3) is 5.91 Å². The molecule has 0 unspecified atom stereocenters. The zero-order valence-electron chi connectivity index (χ0n) is 18.3. The Labute approximate surface area is 199 Å². The van der Waals surface area contributed by atoms with E-state index >= 15 is 0 Å². The number of esters is 1. The lowest BCUT2D eigenvalue weighted by Gasteiger charge is -2.15. The molecule has 1 saturated heterocycles. The van der Waals surface area contributed by atoms with Gasteiger partial charge in [-0.15, -0.1) is 0 Å². The van der Waals surface area contributed by atoms with Crippen LogP contribution in [0.4, 0.5) is 4.79 Å². The number of hydrogen-bond acceptors (Lipinski definition) is 7. The third-order valence-electron chi connectivity index (χ3n) is 4.68. The molecule has 1 heterocycles. The van der Waals surface area contributed by atoms with Crippen molar-refractivity contribution in [3.63, 3.8) is 0 Å². The molecule has 1 aliphatic heterocycles. The third kappa shape index (κ3) is 5.65. The van der Waals surface area contributed by atoms with Crippen LogP contribution in [0.5, 0.6) is 11.5 Å². The number of nitrogens with zero attached hydrogens (tertiary/aromatic N) is 1. The summed E-state index contributed by atoms with van der Waals surface area (Å²) in [6, 6.07) is 8.64. The van der Waals surface area contributed by atoms with Crippen molar-refractivity contribution in [3.05, 3.63) is 63.8 Å². The monoisotopic (exact) mass is 488 g/mol. The second-order valence-electron chi connectivity index (χ2n) is 7.01. The highest BCUT2D eigenvalue weighted by Gasteiger charge is 2.35. The molecular weight excluding hydrogens is 468 g/mol. The number of carbonyl (C=O) groups is 4. The number of carboxylic acids is 1. The maximum atomic E-state index is 12.5. The van der Waals surface area contributed by atoms with E-state index in [4.69, 9.17) is 26.2 Å². The number of carboxylic acid groups (broad SMARTS) is 1. The third-order valence-corrected chi connectivity index (χ3v) is 4.96. The van der Waals surface area contributed by atoms with Gasteiger partial charge in [-0.05, 0) is 48.4 Å². The van der Waals surface area contributed by atoms with Gasteiger partial charge < -0.3 is 24.6 Å². The Kier molecular flexibility index (Phi) is 7.75. The maximum absolute atomic E-state index is 12.5. The van der Waals surface area contributed by atoms with Crippen molar-refractivity contribution < 1.29 is 38.5 Å². The lowest BCUT2D eigenvalue weighted by Crippen LogP contribution is -2.36. The number of halogens is 1. The van der Waals surface area contributed by atoms with Crippen LogP contribution >= 0.6 is 11.6 Å². The van der Waals surface area contributed by atoms with E-state index in [0.717, 1.165) is 12.0 Å². The van der Waals surface area contributed by atoms with E-state index in [9.17, 15) is 19.2 Å². The predicted octanol–water partition coefficient (Wildman–Crippen LogP) is 3.08. The number of hydrogen-bond donors (Lipinski definition) is 2. The summed E-state index contributed by atoms with van der Waals surface area (Å²) in [7, 11) is 1.15. The van der Waals surface area contributed by atoms with Gasteiger partial charge in [0.15, 0.2) is 11.5 Å². The van der Waals surface area contributed by atoms with Crippen LogP contribution < -0.4 is 14.8 Å². The molecule has 2 aromatic rings. The Balaban J connectivity index is 1.84. The first-order valence-electron chi connectivity index (χ1n) is 10.1. The topological polar surface area (TPSA) is 131 Å². The number of benzene rings is 2. The number of imide groups is 1. The van der Waals surface area contributed by atoms with Gasteiger partial charge in [-0.1, -0.05) is 23.7 Å². The minimum atomic E-state index is -1.05. The van der Waals surface area contributed by atoms with Crippen molar-refractivity contribution in [2.24, 2.45) is 0 Å². The Morgan fingerprint density at radius 2 is 1.94 bits per heavy atom. The highest BCUT2D eigenvalue weighted by molar-refractivity contribution is 6.32. The van der Waals surface area contributed by atoms with Crippen LogP contribution in [0.2, 0.25) is 5.02 Å². The van der Waals surface area contributed by atoms with Crippen LogP contribution in [0.1, 0.15) is 28.4 Å². The second-order valence-corrected chi connectivity index (χ2v) is 7.42. The summed E-state index contributed by atoms with van der Waals surface area (Å²) in [4.78, 5) is 47.9. The number of methoxy groups -OCH3 is 1. The number of rotatable bonds is 9. The molecule has 10 nitrogen and oxygen atoms in total. The number of ether oxygens (including phenoxy) is 3. The largest absolute Gasteiger partial charge is 0.490 e. The fraction of sp³-hybridized carbons (Fsp3) is 0.217. The van der Waals surface area contributed by atoms with Crippen LogP contribution in [0, 0.1) is 0 Å². The van der Waals surface area contributed by atoms with Crippen molar-refractivity contribution in [2.45, 2.75) is 13.5 Å². The minimum Gasteiger partial charge on any atom is -0.490 e. The van der Waals surface area contributed by atoms with E-state index in [1.54, 1.807) is 25.1 Å². The van der Waals surface area contributed by atoms with Gasteiger partial charge in [-0.3, -0.25) is 9.59 Å². The van der Waals surface area contributed by atoms with E-state index < -0.39 is 30.4 Å². The molecule has 3 amide bonds. The first kappa shape index (κ1) is 24.6. The summed E-state index contributed by atoms with van der Waals surface area (Å²) >= 11 is 6.41. The molecule has 0 spiro atoms. The van der Waals surface area contributed by atoms with Gasteiger partial charge in [0.05, 0.1) is 24.3 Å². The normalized spacial score (nSPS) is 14.2. The van der Waals surface area contributed by atoms with Gasteiger partial charge >= 0.3 is 18.0 Å². The Hall–Kier alpha value is -4.05. The molecule has 0 bridgehead atoms. The van der Waals surface area contributed by atoms with E-state index in [2.05, 4.69) is 10.1 Å². The van der Waals surface area contributed by atoms with E-state index in [1.807, 2.05) is 0 Å². The Bertz CT molecular complexity index is 1180. The molecule has 0 atom stereocenters. The van der Waals surface area contributed by atoms with Crippen LogP contribution in [0.15, 0.2) is 42.1 Å². The van der Waals surface area contributed by atoms with E-state index in [-0.39, 0.29) is 28.6 Å². The van der Waals surface area contributed by atoms with Gasteiger partial charge in [-0.2, -0.15) is 0 Å². The quantitative estimate of drug-likeness (QED) is 0.313. The highest BCUT2D eigenvalue weighted by atomic mass is 35.5. The summed E-state index contributed by atoms with van der Waals surface area (Å²) < 4.78 is 15.9. The van der Waals surface area contributed by atoms with E-state index in [0.29, 0.717) is 23.5 Å². The maximum Gasteiger partial charge on any atom is 0.335 e. The van der Waals surface area contributed by atoms with Crippen LogP contribution in [0.25, 0.3) is 6.08 Å². The van der Waals surface area contributed by atoms with Crippen molar-refractivity contribution in [1.29, 1.82) is 0 Å². The van der Waals surface area contributed by atoms with E-state index in [1.165, 1.54) is 24.3 Å². The molecule has 1 fully saturated rings. The minimum absolute atomic E-state index is 0.0401. The number of carbonyl (C=O) groups excluding carboxylic acids is 3. The summed E-state index contributed by atoms with van der Waals surface area (Å²) in [6.45, 7) is 1.59. The lowest BCUT2D eigenvalue weighted by molar-refractivity contribution is -0.143. The second kappa shape index (κ2) is 10.7. The molecule has 34 heavy (non-hydrogen) atoms. The Morgan fingerprint density at radius 3 is 2.62 bits per heavy atom. The average Bonchev–Trinajstić information content (AvgIpc) is 3.06. The van der Waals surface area contributed by atoms with Gasteiger partial charge in [0.2, 0.25) is 0 Å². The van der Waals surface area contributed by atoms with Crippen molar-refractivity contribution in [2.75, 3.05) is 20.3 Å². The molecule has 178 valence electrons. The lowest BCUT2D eigenvalue weighted by atomic mass is 10.1. The summed E-state index contributed by atoms with van der Waals surface area (Å²) in [5.74, 6) is -1.95. The first-order valence-corrected chi connectivity index (χ1v) is 10.4. The fourth-order valence-electron chi connectivity index (χ4n) is 3.10. The van der Waals surface area contributed by atoms with Crippen molar-refractivity contribution >= 4 is 41.6 Å². The summed E-state index contributed by atoms with van der Waals surface area (Å²) in [5.41, 5.74) is 1.14. The molecule has 11 heteroatoms. The molecule has 0 aliphatic carbocycles. The molecule has 1 aliphatic rings. The van der Waals surface area contributed by atoms with Crippen LogP contribution in [-0.2, 0) is 20.9 Å². The van der Waals surface area contributed by atoms with Crippen molar-refractivity contribution in [3.8, 4) is 11.5 Å². The number of aromatic carboxylic acids is 1. The summed E-state index contributed by atoms with van der Waals surface area (Å²) in [5, 5.41) is 11.7. The zero-order valence-corrected chi connectivity index (χ0v) is 19.0. The average molecular weight is 489 g/mol. The molecular formula is C23H21ClN2O8. The Morgan fingerprint density at radius 1 is 1.18 bits per heavy atom. The van der Waals surface area contributed by atoms with Crippen LogP contribution in [-0.4, -0.2) is 54.1 Å². The SMILES string of the molecule is CCOc1cc(C=C2NC(=O)N(CC(=O)OC)C2=O)cc(Cl)c1OCc1cccc(C(=O)O)c1. The standard InChI is InChI=1S/C23H21ClN2O8/c1-3-33-18-10-14(9-17-21(28)26(23(31)25-17)11-19(27)32-2)8-16(24)20(18)34-12-13-5-4-6-15(7-13)22(29)30/h4-10H,3,11-12H2,1-2H3,(H,25,31)(H,29,30). The first-order chi connectivity index (χ1) is 16.2. The molecule has 2 aromatic carbocycles. The fourth-order valence-corrected chi connectivity index (χ4v) is 3.37. The van der Waals surface area contributed by atoms with Gasteiger partial charge in [-0.25, -0.2) is 14.5 Å². The molecule has 2 N–H and O–H groups in total. The predicted molar refractivity (Wildman–Crippen MR) is 121 cm³/mol. The van der Waals surface area contributed by atoms with Gasteiger partial charge in [0, 0.05) is 0 Å². The van der Waals surface area contributed by atoms with Crippen LogP contribution in [0.3, 0.4) is 0 Å². The number of amides is 3. The van der Waals surface area contributed by atoms with Gasteiger partial charge in [0.1, 0.15) is 18.8 Å². The summed E-state index contributed by atoms with van der Waals surface area (Å²) in [6.07, 6.45) is 1.39. The zero-order chi connectivity index (χ0) is 24.8. The smallest absolute Gasteiger partial charge is 0.335 e. The molecule has 0 radical (unpaired) electrons. The molecule has 0 saturated carbocycles.